The molecule has 0 saturated carbocycles. The second-order valence-electron chi connectivity index (χ2n) is 8.10. The minimum atomic E-state index is -3.79. The van der Waals surface area contributed by atoms with Gasteiger partial charge in [0.25, 0.3) is 5.91 Å². The molecule has 9 heteroatoms. The van der Waals surface area contributed by atoms with Gasteiger partial charge in [0.15, 0.2) is 0 Å². The molecule has 7 nitrogen and oxygen atoms in total. The van der Waals surface area contributed by atoms with Gasteiger partial charge in [0.05, 0.1) is 17.5 Å². The number of hydrogen-bond donors (Lipinski definition) is 0. The largest absolute Gasteiger partial charge is 0.466 e. The molecule has 2 atom stereocenters. The molecule has 0 bridgehead atoms. The summed E-state index contributed by atoms with van der Waals surface area (Å²) in [5, 5.41) is 0.104. The number of amides is 1. The first-order valence-electron chi connectivity index (χ1n) is 10.5. The van der Waals surface area contributed by atoms with Crippen molar-refractivity contribution in [2.75, 3.05) is 32.8 Å². The summed E-state index contributed by atoms with van der Waals surface area (Å²) in [6.45, 7) is 5.77. The van der Waals surface area contributed by atoms with Crippen molar-refractivity contribution in [3.05, 3.63) is 28.8 Å². The molecule has 1 aromatic carbocycles. The molecule has 2 saturated heterocycles. The summed E-state index contributed by atoms with van der Waals surface area (Å²) >= 11 is 6.23. The average Bonchev–Trinajstić information content (AvgIpc) is 2.73. The van der Waals surface area contributed by atoms with E-state index in [9.17, 15) is 18.0 Å². The van der Waals surface area contributed by atoms with E-state index in [1.165, 1.54) is 22.5 Å². The number of ether oxygens (including phenoxy) is 1. The van der Waals surface area contributed by atoms with E-state index in [4.69, 9.17) is 16.3 Å². The zero-order valence-electron chi connectivity index (χ0n) is 17.5. The van der Waals surface area contributed by atoms with Gasteiger partial charge in [-0.25, -0.2) is 8.42 Å². The minimum Gasteiger partial charge on any atom is -0.466 e. The Kier molecular flexibility index (Phi) is 7.42. The van der Waals surface area contributed by atoms with Crippen molar-refractivity contribution < 1.29 is 22.7 Å². The third-order valence-corrected chi connectivity index (χ3v) is 8.09. The van der Waals surface area contributed by atoms with Gasteiger partial charge in [-0.3, -0.25) is 9.59 Å². The van der Waals surface area contributed by atoms with Crippen molar-refractivity contribution in [1.29, 1.82) is 0 Å². The first kappa shape index (κ1) is 23.0. The number of halogens is 1. The van der Waals surface area contributed by atoms with Gasteiger partial charge < -0.3 is 9.64 Å². The standard InChI is InChI=1S/C21H29ClN2O5S/c1-3-29-21(26)17-7-5-10-23(14-17)20(25)16-8-9-18(22)19(12-16)30(27,28)24-11-4-6-15(2)13-24/h8-9,12,15,17H,3-7,10-11,13-14H2,1-2H3. The Morgan fingerprint density at radius 3 is 2.60 bits per heavy atom. The van der Waals surface area contributed by atoms with Crippen molar-refractivity contribution >= 4 is 33.5 Å². The lowest BCUT2D eigenvalue weighted by Crippen LogP contribution is -2.43. The fourth-order valence-corrected chi connectivity index (χ4v) is 6.23. The normalized spacial score (nSPS) is 23.2. The van der Waals surface area contributed by atoms with Crippen LogP contribution in [0, 0.1) is 11.8 Å². The van der Waals surface area contributed by atoms with Crippen LogP contribution in [0.15, 0.2) is 23.1 Å². The Bertz CT molecular complexity index is 905. The monoisotopic (exact) mass is 456 g/mol. The Balaban J connectivity index is 1.82. The van der Waals surface area contributed by atoms with Gasteiger partial charge in [0.2, 0.25) is 10.0 Å². The van der Waals surface area contributed by atoms with E-state index in [2.05, 4.69) is 0 Å². The molecule has 2 fully saturated rings. The Morgan fingerprint density at radius 1 is 1.17 bits per heavy atom. The molecule has 1 amide bonds. The van der Waals surface area contributed by atoms with Crippen molar-refractivity contribution in [3.63, 3.8) is 0 Å². The van der Waals surface area contributed by atoms with Gasteiger partial charge in [0, 0.05) is 31.7 Å². The Labute approximate surface area is 183 Å². The number of carbonyl (C=O) groups is 2. The lowest BCUT2D eigenvalue weighted by molar-refractivity contribution is -0.149. The number of piperidine rings is 2. The first-order valence-corrected chi connectivity index (χ1v) is 12.3. The van der Waals surface area contributed by atoms with Crippen molar-refractivity contribution in [2.45, 2.75) is 44.4 Å². The van der Waals surface area contributed by atoms with Crippen LogP contribution in [-0.2, 0) is 19.6 Å². The van der Waals surface area contributed by atoms with Crippen molar-refractivity contribution in [3.8, 4) is 0 Å². The number of rotatable bonds is 5. The van der Waals surface area contributed by atoms with Crippen LogP contribution in [0.2, 0.25) is 5.02 Å². The highest BCUT2D eigenvalue weighted by molar-refractivity contribution is 7.89. The Morgan fingerprint density at radius 2 is 1.90 bits per heavy atom. The SMILES string of the molecule is CCOC(=O)C1CCCN(C(=O)c2ccc(Cl)c(S(=O)(=O)N3CCCC(C)C3)c2)C1. The van der Waals surface area contributed by atoms with E-state index in [1.807, 2.05) is 6.92 Å². The summed E-state index contributed by atoms with van der Waals surface area (Å²) < 4.78 is 32.9. The Hall–Kier alpha value is -1.64. The average molecular weight is 457 g/mol. The third-order valence-electron chi connectivity index (χ3n) is 5.74. The van der Waals surface area contributed by atoms with Crippen LogP contribution in [-0.4, -0.2) is 62.3 Å². The molecule has 2 aliphatic rings. The van der Waals surface area contributed by atoms with Gasteiger partial charge in [-0.05, 0) is 56.7 Å². The molecular formula is C21H29ClN2O5S. The highest BCUT2D eigenvalue weighted by Gasteiger charge is 2.33. The lowest BCUT2D eigenvalue weighted by Gasteiger charge is -2.32. The fourth-order valence-electron chi connectivity index (χ4n) is 4.13. The summed E-state index contributed by atoms with van der Waals surface area (Å²) in [7, 11) is -3.79. The third kappa shape index (κ3) is 4.98. The van der Waals surface area contributed by atoms with Crippen LogP contribution < -0.4 is 0 Å². The van der Waals surface area contributed by atoms with E-state index in [0.717, 1.165) is 12.8 Å². The van der Waals surface area contributed by atoms with E-state index in [-0.39, 0.29) is 45.7 Å². The zero-order valence-corrected chi connectivity index (χ0v) is 19.0. The van der Waals surface area contributed by atoms with Crippen LogP contribution in [0.1, 0.15) is 49.9 Å². The molecule has 30 heavy (non-hydrogen) atoms. The van der Waals surface area contributed by atoms with Gasteiger partial charge >= 0.3 is 5.97 Å². The van der Waals surface area contributed by atoms with Gasteiger partial charge in [-0.2, -0.15) is 4.31 Å². The molecule has 2 heterocycles. The fraction of sp³-hybridized carbons (Fsp3) is 0.619. The topological polar surface area (TPSA) is 84.0 Å². The summed E-state index contributed by atoms with van der Waals surface area (Å²) in [5.74, 6) is -0.670. The molecule has 0 N–H and O–H groups in total. The van der Waals surface area contributed by atoms with Crippen LogP contribution in [0.4, 0.5) is 0 Å². The van der Waals surface area contributed by atoms with Gasteiger partial charge in [0.1, 0.15) is 4.90 Å². The summed E-state index contributed by atoms with van der Waals surface area (Å²) in [6.07, 6.45) is 3.17. The maximum atomic E-state index is 13.2. The molecule has 0 aliphatic carbocycles. The van der Waals surface area contributed by atoms with Crippen molar-refractivity contribution in [1.82, 2.24) is 9.21 Å². The number of benzene rings is 1. The van der Waals surface area contributed by atoms with Crippen molar-refractivity contribution in [2.24, 2.45) is 11.8 Å². The molecule has 0 aromatic heterocycles. The molecule has 3 rings (SSSR count). The number of hydrogen-bond acceptors (Lipinski definition) is 5. The number of esters is 1. The maximum absolute atomic E-state index is 13.2. The van der Waals surface area contributed by atoms with Gasteiger partial charge in [-0.1, -0.05) is 18.5 Å². The van der Waals surface area contributed by atoms with Crippen LogP contribution in [0.25, 0.3) is 0 Å². The lowest BCUT2D eigenvalue weighted by atomic mass is 9.97. The second kappa shape index (κ2) is 9.66. The van der Waals surface area contributed by atoms with E-state index < -0.39 is 10.0 Å². The predicted octanol–water partition coefficient (Wildman–Crippen LogP) is 3.18. The quantitative estimate of drug-likeness (QED) is 0.635. The molecule has 2 unspecified atom stereocenters. The number of nitrogens with zero attached hydrogens (tertiary/aromatic N) is 2. The molecule has 0 spiro atoms. The number of carbonyl (C=O) groups excluding carboxylic acids is 2. The molecule has 2 aliphatic heterocycles. The number of likely N-dealkylation sites (tertiary alicyclic amines) is 1. The predicted molar refractivity (Wildman–Crippen MR) is 114 cm³/mol. The highest BCUT2D eigenvalue weighted by Crippen LogP contribution is 2.30. The minimum absolute atomic E-state index is 0.0388. The van der Waals surface area contributed by atoms with Gasteiger partial charge in [-0.15, -0.1) is 0 Å². The van der Waals surface area contributed by atoms with E-state index in [0.29, 0.717) is 39.1 Å². The summed E-state index contributed by atoms with van der Waals surface area (Å²) in [6, 6.07) is 4.37. The molecule has 0 radical (unpaired) electrons. The van der Waals surface area contributed by atoms with E-state index >= 15 is 0 Å². The second-order valence-corrected chi connectivity index (χ2v) is 10.4. The summed E-state index contributed by atoms with van der Waals surface area (Å²) in [5.41, 5.74) is 0.257. The van der Waals surface area contributed by atoms with Crippen LogP contribution in [0.3, 0.4) is 0 Å². The molecule has 166 valence electrons. The number of sulfonamides is 1. The maximum Gasteiger partial charge on any atom is 0.310 e. The van der Waals surface area contributed by atoms with Crippen LogP contribution >= 0.6 is 11.6 Å². The molecule has 1 aromatic rings. The van der Waals surface area contributed by atoms with E-state index in [1.54, 1.807) is 11.8 Å². The van der Waals surface area contributed by atoms with Crippen LogP contribution in [0.5, 0.6) is 0 Å². The summed E-state index contributed by atoms with van der Waals surface area (Å²) in [4.78, 5) is 26.7. The first-order chi connectivity index (χ1) is 14.2. The zero-order chi connectivity index (χ0) is 21.9. The highest BCUT2D eigenvalue weighted by atomic mass is 35.5. The molecular weight excluding hydrogens is 428 g/mol. The smallest absolute Gasteiger partial charge is 0.310 e.